The van der Waals surface area contributed by atoms with Crippen LogP contribution in [0.4, 0.5) is 0 Å². The van der Waals surface area contributed by atoms with E-state index in [9.17, 15) is 14.7 Å². The quantitative estimate of drug-likeness (QED) is 0.794. The van der Waals surface area contributed by atoms with E-state index in [0.29, 0.717) is 17.3 Å². The molecule has 1 unspecified atom stereocenters. The van der Waals surface area contributed by atoms with Crippen LogP contribution >= 0.6 is 11.8 Å². The first kappa shape index (κ1) is 14.5. The molecule has 0 bridgehead atoms. The third-order valence-corrected chi connectivity index (χ3v) is 3.67. The highest BCUT2D eigenvalue weighted by Gasteiger charge is 2.09. The van der Waals surface area contributed by atoms with Crippen molar-refractivity contribution in [1.29, 1.82) is 0 Å². The van der Waals surface area contributed by atoms with E-state index in [4.69, 9.17) is 0 Å². The van der Waals surface area contributed by atoms with Crippen LogP contribution in [0.1, 0.15) is 25.1 Å². The number of hydrogen-bond donors (Lipinski definition) is 2. The third kappa shape index (κ3) is 3.14. The van der Waals surface area contributed by atoms with Crippen molar-refractivity contribution < 1.29 is 5.11 Å². The Morgan fingerprint density at radius 3 is 2.80 bits per heavy atom. The van der Waals surface area contributed by atoms with Gasteiger partial charge in [0, 0.05) is 18.1 Å². The highest BCUT2D eigenvalue weighted by molar-refractivity contribution is 7.99. The van der Waals surface area contributed by atoms with Crippen LogP contribution < -0.4 is 11.1 Å². The number of aliphatic hydroxyl groups excluding tert-OH is 1. The SMILES string of the molecule is CCC(O)c1ccc(Sc2nc(=O)c(=O)[nH]n2C)cn1. The first-order valence-corrected chi connectivity index (χ1v) is 6.82. The molecule has 106 valence electrons. The zero-order valence-electron chi connectivity index (χ0n) is 11.0. The molecule has 0 aliphatic carbocycles. The van der Waals surface area contributed by atoms with Gasteiger partial charge in [0.05, 0.1) is 11.8 Å². The number of pyridine rings is 1. The highest BCUT2D eigenvalue weighted by Crippen LogP contribution is 2.24. The maximum Gasteiger partial charge on any atom is 0.339 e. The Labute approximate surface area is 118 Å². The molecular formula is C12H14N4O3S. The van der Waals surface area contributed by atoms with Crippen molar-refractivity contribution in [2.24, 2.45) is 7.05 Å². The molecule has 20 heavy (non-hydrogen) atoms. The molecule has 0 saturated carbocycles. The molecular weight excluding hydrogens is 280 g/mol. The maximum absolute atomic E-state index is 11.2. The van der Waals surface area contributed by atoms with Gasteiger partial charge in [0.15, 0.2) is 5.16 Å². The summed E-state index contributed by atoms with van der Waals surface area (Å²) >= 11 is 1.20. The van der Waals surface area contributed by atoms with E-state index < -0.39 is 17.2 Å². The molecule has 0 amide bonds. The fraction of sp³-hybridized carbons (Fsp3) is 0.333. The summed E-state index contributed by atoms with van der Waals surface area (Å²) in [7, 11) is 1.60. The standard InChI is InChI=1S/C12H14N4O3S/c1-3-9(17)8-5-4-7(6-13-8)20-12-14-10(18)11(19)15-16(12)2/h4-6,9,17H,3H2,1-2H3,(H,15,19). The normalized spacial score (nSPS) is 12.3. The number of H-pyrrole nitrogens is 1. The van der Waals surface area contributed by atoms with Gasteiger partial charge in [-0.3, -0.25) is 24.4 Å². The minimum atomic E-state index is -0.823. The summed E-state index contributed by atoms with van der Waals surface area (Å²) in [5.41, 5.74) is -0.979. The average Bonchev–Trinajstić information content (AvgIpc) is 2.44. The monoisotopic (exact) mass is 294 g/mol. The lowest BCUT2D eigenvalue weighted by molar-refractivity contribution is 0.169. The van der Waals surface area contributed by atoms with Crippen LogP contribution in [-0.2, 0) is 7.05 Å². The molecule has 7 nitrogen and oxygen atoms in total. The molecule has 2 heterocycles. The third-order valence-electron chi connectivity index (χ3n) is 2.64. The maximum atomic E-state index is 11.2. The van der Waals surface area contributed by atoms with Gasteiger partial charge in [-0.15, -0.1) is 0 Å². The van der Waals surface area contributed by atoms with Crippen LogP contribution in [0.15, 0.2) is 38.0 Å². The predicted molar refractivity (Wildman–Crippen MR) is 73.7 cm³/mol. The molecule has 0 saturated heterocycles. The topological polar surface area (TPSA) is 101 Å². The molecule has 2 aromatic rings. The van der Waals surface area contributed by atoms with Crippen LogP contribution in [0.25, 0.3) is 0 Å². The summed E-state index contributed by atoms with van der Waals surface area (Å²) in [4.78, 5) is 30.9. The smallest absolute Gasteiger partial charge is 0.339 e. The van der Waals surface area contributed by atoms with Gasteiger partial charge in [0.2, 0.25) is 0 Å². The first-order valence-electron chi connectivity index (χ1n) is 6.00. The van der Waals surface area contributed by atoms with Crippen molar-refractivity contribution in [2.75, 3.05) is 0 Å². The van der Waals surface area contributed by atoms with Gasteiger partial charge in [-0.05, 0) is 30.3 Å². The summed E-state index contributed by atoms with van der Waals surface area (Å²) < 4.78 is 1.38. The molecule has 2 N–H and O–H groups in total. The molecule has 0 fully saturated rings. The lowest BCUT2D eigenvalue weighted by Crippen LogP contribution is -2.33. The van der Waals surface area contributed by atoms with Gasteiger partial charge in [-0.25, -0.2) is 0 Å². The van der Waals surface area contributed by atoms with E-state index in [0.717, 1.165) is 4.90 Å². The largest absolute Gasteiger partial charge is 0.387 e. The number of nitrogens with zero attached hydrogens (tertiary/aromatic N) is 3. The molecule has 2 aromatic heterocycles. The Kier molecular flexibility index (Phi) is 4.35. The van der Waals surface area contributed by atoms with Gasteiger partial charge in [-0.2, -0.15) is 4.98 Å². The number of aryl methyl sites for hydroxylation is 1. The van der Waals surface area contributed by atoms with Crippen LogP contribution in [0.3, 0.4) is 0 Å². The second-order valence-electron chi connectivity index (χ2n) is 4.14. The van der Waals surface area contributed by atoms with E-state index in [1.54, 1.807) is 25.4 Å². The number of hydrogen-bond acceptors (Lipinski definition) is 6. The van der Waals surface area contributed by atoms with Crippen molar-refractivity contribution in [1.82, 2.24) is 19.7 Å². The van der Waals surface area contributed by atoms with E-state index in [1.165, 1.54) is 16.4 Å². The number of aromatic amines is 1. The second kappa shape index (κ2) is 6.02. The van der Waals surface area contributed by atoms with Crippen LogP contribution in [-0.4, -0.2) is 24.9 Å². The van der Waals surface area contributed by atoms with Crippen LogP contribution in [0.5, 0.6) is 0 Å². The Bertz CT molecular complexity index is 708. The second-order valence-corrected chi connectivity index (χ2v) is 5.19. The molecule has 1 atom stereocenters. The lowest BCUT2D eigenvalue weighted by atomic mass is 10.2. The Morgan fingerprint density at radius 1 is 1.45 bits per heavy atom. The summed E-state index contributed by atoms with van der Waals surface area (Å²) in [5, 5.41) is 12.4. The average molecular weight is 294 g/mol. The number of aliphatic hydroxyl groups is 1. The zero-order valence-corrected chi connectivity index (χ0v) is 11.8. The number of aromatic nitrogens is 4. The Hall–Kier alpha value is -1.93. The van der Waals surface area contributed by atoms with Crippen LogP contribution in [0, 0.1) is 0 Å². The van der Waals surface area contributed by atoms with E-state index in [1.807, 2.05) is 6.92 Å². The molecule has 2 rings (SSSR count). The first-order chi connectivity index (χ1) is 9.51. The number of rotatable bonds is 4. The van der Waals surface area contributed by atoms with Gasteiger partial charge < -0.3 is 5.11 Å². The summed E-state index contributed by atoms with van der Waals surface area (Å²) in [6.07, 6.45) is 1.61. The molecule has 0 aliphatic heterocycles. The highest BCUT2D eigenvalue weighted by atomic mass is 32.2. The molecule has 0 spiro atoms. The van der Waals surface area contributed by atoms with Crippen molar-refractivity contribution in [2.45, 2.75) is 29.5 Å². The van der Waals surface area contributed by atoms with Crippen molar-refractivity contribution in [3.63, 3.8) is 0 Å². The van der Waals surface area contributed by atoms with Crippen molar-refractivity contribution in [3.8, 4) is 0 Å². The summed E-state index contributed by atoms with van der Waals surface area (Å²) in [6.45, 7) is 1.87. The van der Waals surface area contributed by atoms with Crippen molar-refractivity contribution in [3.05, 3.63) is 44.7 Å². The molecule has 0 aromatic carbocycles. The fourth-order valence-corrected chi connectivity index (χ4v) is 2.28. The van der Waals surface area contributed by atoms with Crippen molar-refractivity contribution >= 4 is 11.8 Å². The molecule has 8 heteroatoms. The Balaban J connectivity index is 2.24. The predicted octanol–water partition coefficient (Wildman–Crippen LogP) is 0.458. The number of nitrogens with one attached hydrogen (secondary N) is 1. The minimum Gasteiger partial charge on any atom is -0.387 e. The van der Waals surface area contributed by atoms with Crippen LogP contribution in [0.2, 0.25) is 0 Å². The fourth-order valence-electron chi connectivity index (χ4n) is 1.52. The molecule has 0 radical (unpaired) electrons. The summed E-state index contributed by atoms with van der Waals surface area (Å²) in [5.74, 6) is 0. The van der Waals surface area contributed by atoms with Gasteiger partial charge >= 0.3 is 11.1 Å². The molecule has 0 aliphatic rings. The van der Waals surface area contributed by atoms with E-state index in [2.05, 4.69) is 15.1 Å². The van der Waals surface area contributed by atoms with E-state index >= 15 is 0 Å². The lowest BCUT2D eigenvalue weighted by Gasteiger charge is -2.08. The Morgan fingerprint density at radius 2 is 2.20 bits per heavy atom. The van der Waals surface area contributed by atoms with E-state index in [-0.39, 0.29) is 0 Å². The van der Waals surface area contributed by atoms with Gasteiger partial charge in [0.1, 0.15) is 0 Å². The summed E-state index contributed by atoms with van der Waals surface area (Å²) in [6, 6.07) is 3.50. The zero-order chi connectivity index (χ0) is 14.7. The van der Waals surface area contributed by atoms with Gasteiger partial charge in [-0.1, -0.05) is 6.92 Å². The minimum absolute atomic E-state index is 0.361. The van der Waals surface area contributed by atoms with Gasteiger partial charge in [0.25, 0.3) is 0 Å².